The van der Waals surface area contributed by atoms with Crippen molar-refractivity contribution in [2.45, 2.75) is 13.3 Å². The van der Waals surface area contributed by atoms with Crippen molar-refractivity contribution in [3.63, 3.8) is 0 Å². The molecular weight excluding hydrogens is 449 g/mol. The Labute approximate surface area is 193 Å². The van der Waals surface area contributed by atoms with Gasteiger partial charge < -0.3 is 14.8 Å². The van der Waals surface area contributed by atoms with Crippen LogP contribution >= 0.6 is 0 Å². The van der Waals surface area contributed by atoms with Crippen LogP contribution in [0.1, 0.15) is 12.5 Å². The van der Waals surface area contributed by atoms with Gasteiger partial charge in [0.05, 0.1) is 17.9 Å². The van der Waals surface area contributed by atoms with E-state index in [0.717, 1.165) is 17.0 Å². The molecule has 0 aromatic heterocycles. The minimum Gasteiger partial charge on any atom is -0.494 e. The summed E-state index contributed by atoms with van der Waals surface area (Å²) in [5, 5.41) is 3.02. The number of halogens is 3. The lowest BCUT2D eigenvalue weighted by Gasteiger charge is -2.16. The molecule has 1 aliphatic rings. The average molecular weight is 468 g/mol. The highest BCUT2D eigenvalue weighted by Crippen LogP contribution is 2.35. The Morgan fingerprint density at radius 1 is 0.853 bits per heavy atom. The molecule has 0 fully saturated rings. The van der Waals surface area contributed by atoms with Gasteiger partial charge in [-0.15, -0.1) is 13.2 Å². The zero-order valence-corrected chi connectivity index (χ0v) is 17.9. The Morgan fingerprint density at radius 2 is 1.56 bits per heavy atom. The number of carbonyl (C=O) groups is 2. The van der Waals surface area contributed by atoms with Gasteiger partial charge in [0.1, 0.15) is 17.2 Å². The van der Waals surface area contributed by atoms with Gasteiger partial charge in [-0.05, 0) is 48.9 Å². The van der Waals surface area contributed by atoms with Crippen molar-refractivity contribution < 1.29 is 32.2 Å². The fourth-order valence-corrected chi connectivity index (χ4v) is 3.52. The number of alkyl halides is 3. The van der Waals surface area contributed by atoms with Crippen LogP contribution in [0.5, 0.6) is 11.5 Å². The number of hydrogen-bond acceptors (Lipinski definition) is 5. The number of imide groups is 1. The molecule has 34 heavy (non-hydrogen) atoms. The van der Waals surface area contributed by atoms with E-state index >= 15 is 0 Å². The van der Waals surface area contributed by atoms with E-state index in [2.05, 4.69) is 10.1 Å². The molecule has 4 rings (SSSR count). The molecule has 0 spiro atoms. The predicted molar refractivity (Wildman–Crippen MR) is 120 cm³/mol. The van der Waals surface area contributed by atoms with Gasteiger partial charge >= 0.3 is 6.36 Å². The molecule has 1 N–H and O–H groups in total. The fraction of sp³-hybridized carbons (Fsp3) is 0.120. The average Bonchev–Trinajstić information content (AvgIpc) is 3.04. The lowest BCUT2D eigenvalue weighted by molar-refractivity contribution is -0.274. The maximum atomic E-state index is 13.4. The van der Waals surface area contributed by atoms with E-state index in [1.165, 1.54) is 12.1 Å². The normalized spacial score (nSPS) is 13.9. The summed E-state index contributed by atoms with van der Waals surface area (Å²) in [4.78, 5) is 27.7. The van der Waals surface area contributed by atoms with Crippen molar-refractivity contribution in [2.24, 2.45) is 0 Å². The number of hydrogen-bond donors (Lipinski definition) is 1. The molecule has 9 heteroatoms. The second-order valence-electron chi connectivity index (χ2n) is 7.19. The molecule has 0 saturated heterocycles. The number of benzene rings is 3. The summed E-state index contributed by atoms with van der Waals surface area (Å²) in [6.07, 6.45) is -4.85. The molecule has 6 nitrogen and oxygen atoms in total. The molecule has 3 aromatic carbocycles. The van der Waals surface area contributed by atoms with Gasteiger partial charge in [0.2, 0.25) is 0 Å². The van der Waals surface area contributed by atoms with E-state index < -0.39 is 23.9 Å². The van der Waals surface area contributed by atoms with Crippen molar-refractivity contribution in [3.05, 3.63) is 90.1 Å². The van der Waals surface area contributed by atoms with Gasteiger partial charge in [-0.25, -0.2) is 4.90 Å². The van der Waals surface area contributed by atoms with Crippen LogP contribution in [0.25, 0.3) is 5.57 Å². The number of carbonyl (C=O) groups excluding carboxylic acids is 2. The summed E-state index contributed by atoms with van der Waals surface area (Å²) in [6.45, 7) is 2.30. The molecule has 174 valence electrons. The van der Waals surface area contributed by atoms with Crippen LogP contribution in [0, 0.1) is 0 Å². The van der Waals surface area contributed by atoms with Gasteiger partial charge in [0.15, 0.2) is 0 Å². The number of ether oxygens (including phenoxy) is 2. The first-order chi connectivity index (χ1) is 16.3. The molecule has 1 aliphatic heterocycles. The Hall–Kier alpha value is -4.27. The third-order valence-electron chi connectivity index (χ3n) is 4.89. The van der Waals surface area contributed by atoms with Gasteiger partial charge in [0.25, 0.3) is 11.8 Å². The Morgan fingerprint density at radius 3 is 2.21 bits per heavy atom. The molecule has 2 amide bonds. The van der Waals surface area contributed by atoms with Crippen molar-refractivity contribution >= 4 is 28.8 Å². The number of rotatable bonds is 7. The number of amides is 2. The number of anilines is 2. The summed E-state index contributed by atoms with van der Waals surface area (Å²) in [7, 11) is 0. The summed E-state index contributed by atoms with van der Waals surface area (Å²) in [6, 6.07) is 20.1. The van der Waals surface area contributed by atoms with E-state index in [1.807, 2.05) is 6.92 Å². The highest BCUT2D eigenvalue weighted by molar-refractivity contribution is 6.46. The number of nitrogens with one attached hydrogen (secondary N) is 1. The van der Waals surface area contributed by atoms with Crippen LogP contribution in [-0.4, -0.2) is 24.8 Å². The lowest BCUT2D eigenvalue weighted by Crippen LogP contribution is -2.32. The first-order valence-corrected chi connectivity index (χ1v) is 10.3. The Balaban J connectivity index is 1.70. The first-order valence-electron chi connectivity index (χ1n) is 10.3. The molecule has 1 heterocycles. The van der Waals surface area contributed by atoms with Crippen LogP contribution in [0.4, 0.5) is 24.5 Å². The molecule has 0 radical (unpaired) electrons. The predicted octanol–water partition coefficient (Wildman–Crippen LogP) is 5.38. The van der Waals surface area contributed by atoms with Crippen LogP contribution in [-0.2, 0) is 9.59 Å². The van der Waals surface area contributed by atoms with Crippen LogP contribution < -0.4 is 19.7 Å². The second-order valence-corrected chi connectivity index (χ2v) is 7.19. The number of nitrogens with zero attached hydrogens (tertiary/aromatic N) is 1. The fourth-order valence-electron chi connectivity index (χ4n) is 3.52. The summed E-state index contributed by atoms with van der Waals surface area (Å²) >= 11 is 0. The van der Waals surface area contributed by atoms with Crippen molar-refractivity contribution in [1.29, 1.82) is 0 Å². The van der Waals surface area contributed by atoms with E-state index in [0.29, 0.717) is 23.6 Å². The summed E-state index contributed by atoms with van der Waals surface area (Å²) in [5.74, 6) is -1.12. The minimum atomic E-state index is -4.85. The third kappa shape index (κ3) is 4.88. The van der Waals surface area contributed by atoms with Crippen LogP contribution in [0.3, 0.4) is 0 Å². The molecule has 3 aromatic rings. The topological polar surface area (TPSA) is 67.9 Å². The molecule has 0 aliphatic carbocycles. The van der Waals surface area contributed by atoms with Crippen LogP contribution in [0.15, 0.2) is 84.6 Å². The molecular formula is C25H19F3N2O4. The quantitative estimate of drug-likeness (QED) is 0.472. The van der Waals surface area contributed by atoms with Gasteiger partial charge in [0, 0.05) is 11.8 Å². The largest absolute Gasteiger partial charge is 0.573 e. The molecule has 0 saturated carbocycles. The van der Waals surface area contributed by atoms with Gasteiger partial charge in [-0.3, -0.25) is 9.59 Å². The third-order valence-corrected chi connectivity index (χ3v) is 4.89. The molecule has 0 unspecified atom stereocenters. The molecule has 0 bridgehead atoms. The van der Waals surface area contributed by atoms with E-state index in [4.69, 9.17) is 4.74 Å². The van der Waals surface area contributed by atoms with Crippen LogP contribution in [0.2, 0.25) is 0 Å². The standard InChI is InChI=1S/C25H19F3N2O4/c1-2-33-20-10-6-9-17(15-20)29-22-21(16-7-4-3-5-8-16)23(31)30(24(22)32)18-11-13-19(14-12-18)34-25(26,27)28/h3-15,29H,2H2,1H3. The maximum absolute atomic E-state index is 13.4. The van der Waals surface area contributed by atoms with Gasteiger partial charge in [-0.2, -0.15) is 0 Å². The second kappa shape index (κ2) is 9.30. The highest BCUT2D eigenvalue weighted by atomic mass is 19.4. The summed E-state index contributed by atoms with van der Waals surface area (Å²) < 4.78 is 46.8. The summed E-state index contributed by atoms with van der Waals surface area (Å²) in [5.41, 5.74) is 1.34. The zero-order chi connectivity index (χ0) is 24.3. The lowest BCUT2D eigenvalue weighted by atomic mass is 10.0. The van der Waals surface area contributed by atoms with E-state index in [1.54, 1.807) is 54.6 Å². The zero-order valence-electron chi connectivity index (χ0n) is 17.9. The van der Waals surface area contributed by atoms with Crippen molar-refractivity contribution in [2.75, 3.05) is 16.8 Å². The van der Waals surface area contributed by atoms with Gasteiger partial charge in [-0.1, -0.05) is 36.4 Å². The first kappa shape index (κ1) is 22.9. The molecule has 0 atom stereocenters. The minimum absolute atomic E-state index is 0.0421. The monoisotopic (exact) mass is 468 g/mol. The van der Waals surface area contributed by atoms with E-state index in [-0.39, 0.29) is 17.0 Å². The Bertz CT molecular complexity index is 1240. The smallest absolute Gasteiger partial charge is 0.494 e. The highest BCUT2D eigenvalue weighted by Gasteiger charge is 2.40. The maximum Gasteiger partial charge on any atom is 0.573 e. The van der Waals surface area contributed by atoms with E-state index in [9.17, 15) is 22.8 Å². The SMILES string of the molecule is CCOc1cccc(NC2=C(c3ccccc3)C(=O)N(c3ccc(OC(F)(F)F)cc3)C2=O)c1. The van der Waals surface area contributed by atoms with Crippen molar-refractivity contribution in [3.8, 4) is 11.5 Å². The Kier molecular flexibility index (Phi) is 6.27. The van der Waals surface area contributed by atoms with Crippen molar-refractivity contribution in [1.82, 2.24) is 0 Å².